The van der Waals surface area contributed by atoms with Crippen molar-refractivity contribution in [3.63, 3.8) is 0 Å². The second kappa shape index (κ2) is 10.9. The van der Waals surface area contributed by atoms with E-state index in [1.165, 1.54) is 6.07 Å². The first kappa shape index (κ1) is 27.1. The zero-order chi connectivity index (χ0) is 25.7. The maximum absolute atomic E-state index is 12.9. The first-order chi connectivity index (χ1) is 15.7. The quantitative estimate of drug-likeness (QED) is 0.471. The monoisotopic (exact) mass is 485 g/mol. The number of rotatable bonds is 7. The lowest BCUT2D eigenvalue weighted by molar-refractivity contribution is -0.137. The van der Waals surface area contributed by atoms with Crippen LogP contribution in [0.3, 0.4) is 0 Å². The Morgan fingerprint density at radius 1 is 1.06 bits per heavy atom. The first-order valence-electron chi connectivity index (χ1n) is 10.9. The van der Waals surface area contributed by atoms with Crippen LogP contribution in [0.25, 0.3) is 0 Å². The number of halogens is 3. The fraction of sp³-hybridized carbons (Fsp3) is 0.565. The number of alkyl halides is 3. The Bertz CT molecular complexity index is 927. The van der Waals surface area contributed by atoms with Gasteiger partial charge >= 0.3 is 12.3 Å². The van der Waals surface area contributed by atoms with Crippen molar-refractivity contribution in [1.29, 1.82) is 0 Å². The second-order valence-electron chi connectivity index (χ2n) is 9.70. The summed E-state index contributed by atoms with van der Waals surface area (Å²) in [4.78, 5) is 48.6. The standard InChI is InChI=1S/C23H30F3N3O5/c1-22(2,3)11-18(30)16-10-15(28-21(33)34)7-8-17(16)29-19(31)12-27-20(32)13-5-4-6-14(9-13)23(24,25)26/h4-6,9,15-17,28H,7-8,10-12H2,1-3H3,(H,27,32)(H,29,31)(H,33,34)/t15?,16-,17+/m1/s1. The van der Waals surface area contributed by atoms with E-state index in [-0.39, 0.29) is 29.6 Å². The van der Waals surface area contributed by atoms with Crippen LogP contribution in [0.4, 0.5) is 18.0 Å². The van der Waals surface area contributed by atoms with Gasteiger partial charge in [0.25, 0.3) is 5.91 Å². The predicted molar refractivity (Wildman–Crippen MR) is 117 cm³/mol. The van der Waals surface area contributed by atoms with Gasteiger partial charge in [0.1, 0.15) is 5.78 Å². The van der Waals surface area contributed by atoms with Crippen LogP contribution in [0.1, 0.15) is 62.4 Å². The Labute approximate surface area is 195 Å². The first-order valence-corrected chi connectivity index (χ1v) is 10.9. The number of nitrogens with one attached hydrogen (secondary N) is 3. The largest absolute Gasteiger partial charge is 0.465 e. The van der Waals surface area contributed by atoms with Gasteiger partial charge in [0.2, 0.25) is 5.91 Å². The van der Waals surface area contributed by atoms with Crippen molar-refractivity contribution >= 4 is 23.7 Å². The fourth-order valence-corrected chi connectivity index (χ4v) is 4.02. The van der Waals surface area contributed by atoms with E-state index < -0.39 is 54.2 Å². The van der Waals surface area contributed by atoms with Crippen molar-refractivity contribution in [2.45, 2.75) is 64.7 Å². The van der Waals surface area contributed by atoms with E-state index in [0.717, 1.165) is 12.1 Å². The SMILES string of the molecule is CC(C)(C)CC(=O)[C@@H]1CC(NC(=O)O)CC[C@@H]1NC(=O)CNC(=O)c1cccc(C(F)(F)F)c1. The number of hydrogen-bond acceptors (Lipinski definition) is 4. The molecule has 2 rings (SSSR count). The van der Waals surface area contributed by atoms with Crippen LogP contribution in [-0.4, -0.2) is 47.4 Å². The van der Waals surface area contributed by atoms with Gasteiger partial charge in [-0.2, -0.15) is 13.2 Å². The third-order valence-electron chi connectivity index (χ3n) is 5.50. The number of ketones is 1. The second-order valence-corrected chi connectivity index (χ2v) is 9.70. The average molecular weight is 486 g/mol. The molecule has 4 N–H and O–H groups in total. The van der Waals surface area contributed by atoms with Crippen molar-refractivity contribution in [2.75, 3.05) is 6.54 Å². The van der Waals surface area contributed by atoms with Crippen molar-refractivity contribution in [2.24, 2.45) is 11.3 Å². The van der Waals surface area contributed by atoms with E-state index in [9.17, 15) is 32.3 Å². The van der Waals surface area contributed by atoms with Gasteiger partial charge in [0, 0.05) is 30.0 Å². The van der Waals surface area contributed by atoms with E-state index in [0.29, 0.717) is 18.9 Å². The molecule has 11 heteroatoms. The van der Waals surface area contributed by atoms with Gasteiger partial charge < -0.3 is 21.1 Å². The third-order valence-corrected chi connectivity index (χ3v) is 5.50. The maximum Gasteiger partial charge on any atom is 0.416 e. The minimum Gasteiger partial charge on any atom is -0.465 e. The van der Waals surface area contributed by atoms with E-state index in [1.54, 1.807) is 0 Å². The number of carbonyl (C=O) groups excluding carboxylic acids is 3. The summed E-state index contributed by atoms with van der Waals surface area (Å²) in [6.07, 6.45) is -4.52. The Morgan fingerprint density at radius 2 is 1.74 bits per heavy atom. The van der Waals surface area contributed by atoms with Crippen molar-refractivity contribution in [1.82, 2.24) is 16.0 Å². The summed E-state index contributed by atoms with van der Waals surface area (Å²) < 4.78 is 38.5. The lowest BCUT2D eigenvalue weighted by Gasteiger charge is -2.36. The normalized spacial score (nSPS) is 20.8. The summed E-state index contributed by atoms with van der Waals surface area (Å²) in [6, 6.07) is 2.89. The summed E-state index contributed by atoms with van der Waals surface area (Å²) >= 11 is 0. The molecule has 1 aromatic rings. The molecule has 3 amide bonds. The highest BCUT2D eigenvalue weighted by atomic mass is 19.4. The van der Waals surface area contributed by atoms with Crippen molar-refractivity contribution < 1.29 is 37.5 Å². The molecule has 0 bridgehead atoms. The molecule has 0 spiro atoms. The molecule has 1 saturated carbocycles. The zero-order valence-corrected chi connectivity index (χ0v) is 19.3. The molecular weight excluding hydrogens is 455 g/mol. The molecular formula is C23H30F3N3O5. The van der Waals surface area contributed by atoms with Crippen molar-refractivity contribution in [3.05, 3.63) is 35.4 Å². The Balaban J connectivity index is 2.01. The summed E-state index contributed by atoms with van der Waals surface area (Å²) in [6.45, 7) is 5.22. The molecule has 188 valence electrons. The predicted octanol–water partition coefficient (Wildman–Crippen LogP) is 3.36. The highest BCUT2D eigenvalue weighted by Gasteiger charge is 2.37. The Kier molecular flexibility index (Phi) is 8.68. The lowest BCUT2D eigenvalue weighted by Crippen LogP contribution is -2.52. The summed E-state index contributed by atoms with van der Waals surface area (Å²) in [7, 11) is 0. The zero-order valence-electron chi connectivity index (χ0n) is 19.3. The van der Waals surface area contributed by atoms with E-state index in [4.69, 9.17) is 5.11 Å². The van der Waals surface area contributed by atoms with E-state index in [2.05, 4.69) is 16.0 Å². The molecule has 0 aromatic heterocycles. The third kappa shape index (κ3) is 8.35. The molecule has 1 aromatic carbocycles. The topological polar surface area (TPSA) is 125 Å². The maximum atomic E-state index is 12.9. The van der Waals surface area contributed by atoms with Gasteiger partial charge in [-0.25, -0.2) is 4.79 Å². The number of Topliss-reactive ketones (excluding diaryl/α,β-unsaturated/α-hetero) is 1. The smallest absolute Gasteiger partial charge is 0.416 e. The summed E-state index contributed by atoms with van der Waals surface area (Å²) in [5.41, 5.74) is -1.50. The highest BCUT2D eigenvalue weighted by Crippen LogP contribution is 2.31. The average Bonchev–Trinajstić information content (AvgIpc) is 2.71. The van der Waals surface area contributed by atoms with Crippen LogP contribution in [0, 0.1) is 11.3 Å². The summed E-state index contributed by atoms with van der Waals surface area (Å²) in [5, 5.41) is 16.4. The minimum atomic E-state index is -4.60. The van der Waals surface area contributed by atoms with Gasteiger partial charge in [-0.3, -0.25) is 14.4 Å². The van der Waals surface area contributed by atoms with Gasteiger partial charge in [-0.1, -0.05) is 26.8 Å². The number of carboxylic acid groups (broad SMARTS) is 1. The Hall–Kier alpha value is -3.11. The van der Waals surface area contributed by atoms with E-state index in [1.807, 2.05) is 20.8 Å². The van der Waals surface area contributed by atoms with Crippen LogP contribution in [0.15, 0.2) is 24.3 Å². The molecule has 0 saturated heterocycles. The molecule has 0 radical (unpaired) electrons. The lowest BCUT2D eigenvalue weighted by atomic mass is 9.75. The molecule has 0 heterocycles. The van der Waals surface area contributed by atoms with Crippen LogP contribution in [0.5, 0.6) is 0 Å². The minimum absolute atomic E-state index is 0.0947. The van der Waals surface area contributed by atoms with Crippen LogP contribution >= 0.6 is 0 Å². The molecule has 1 aliphatic rings. The van der Waals surface area contributed by atoms with Gasteiger partial charge in [0.05, 0.1) is 12.1 Å². The van der Waals surface area contributed by atoms with Gasteiger partial charge in [0.15, 0.2) is 0 Å². The molecule has 3 atom stereocenters. The van der Waals surface area contributed by atoms with E-state index >= 15 is 0 Å². The molecule has 1 unspecified atom stereocenters. The van der Waals surface area contributed by atoms with Gasteiger partial charge in [-0.05, 0) is 42.9 Å². The van der Waals surface area contributed by atoms with Crippen LogP contribution in [0.2, 0.25) is 0 Å². The number of hydrogen-bond donors (Lipinski definition) is 4. The fourth-order valence-electron chi connectivity index (χ4n) is 4.02. The molecule has 1 aliphatic carbocycles. The Morgan fingerprint density at radius 3 is 2.32 bits per heavy atom. The molecule has 0 aliphatic heterocycles. The van der Waals surface area contributed by atoms with Gasteiger partial charge in [-0.15, -0.1) is 0 Å². The number of amides is 3. The number of benzene rings is 1. The molecule has 34 heavy (non-hydrogen) atoms. The molecule has 8 nitrogen and oxygen atoms in total. The van der Waals surface area contributed by atoms with Crippen LogP contribution < -0.4 is 16.0 Å². The summed E-state index contributed by atoms with van der Waals surface area (Å²) in [5.74, 6) is -2.13. The van der Waals surface area contributed by atoms with Crippen molar-refractivity contribution in [3.8, 4) is 0 Å². The van der Waals surface area contributed by atoms with Crippen LogP contribution in [-0.2, 0) is 15.8 Å². The number of carbonyl (C=O) groups is 4. The molecule has 1 fully saturated rings. The highest BCUT2D eigenvalue weighted by molar-refractivity contribution is 5.96.